The Hall–Kier alpha value is 0.899. The zero-order valence-corrected chi connectivity index (χ0v) is 5.98. The second-order valence-corrected chi connectivity index (χ2v) is 4.26. The summed E-state index contributed by atoms with van der Waals surface area (Å²) in [5, 5.41) is 0. The molecule has 0 atom stereocenters. The van der Waals surface area contributed by atoms with Gasteiger partial charge in [-0.05, 0) is 0 Å². The fraction of sp³-hybridized carbons (Fsp3) is 0.500. The Bertz CT molecular complexity index is 44.9. The van der Waals surface area contributed by atoms with Crippen LogP contribution < -0.4 is 0 Å². The molecule has 0 aliphatic carbocycles. The van der Waals surface area contributed by atoms with Crippen LogP contribution in [0, 0.1) is 0 Å². The topological polar surface area (TPSA) is 0 Å². The van der Waals surface area contributed by atoms with Crippen LogP contribution in [0.25, 0.3) is 0 Å². The normalized spacial score (nSPS) is 7.60. The summed E-state index contributed by atoms with van der Waals surface area (Å²) in [7, 11) is 0. The molecular formula is C2H3ClSSe. The van der Waals surface area contributed by atoms with Crippen LogP contribution in [-0.2, 0) is 0 Å². The Balaban J connectivity index is 2.85. The molecular weight excluding hydrogens is 171 g/mol. The van der Waals surface area contributed by atoms with E-state index in [1.54, 1.807) is 0 Å². The van der Waals surface area contributed by atoms with Crippen molar-refractivity contribution in [3.05, 3.63) is 0 Å². The summed E-state index contributed by atoms with van der Waals surface area (Å²) in [5.41, 5.74) is 0. The minimum absolute atomic E-state index is 0.372. The SMILES string of the molecule is C[Se]C(=S)Cl. The first kappa shape index (κ1) is 5.90. The molecule has 30 valence electrons. The van der Waals surface area contributed by atoms with E-state index in [2.05, 4.69) is 12.2 Å². The molecule has 0 N–H and O–H groups in total. The third-order valence-electron chi connectivity index (χ3n) is 0.160. The van der Waals surface area contributed by atoms with Gasteiger partial charge in [0.15, 0.2) is 0 Å². The van der Waals surface area contributed by atoms with Crippen molar-refractivity contribution in [1.82, 2.24) is 0 Å². The molecule has 0 unspecified atom stereocenters. The summed E-state index contributed by atoms with van der Waals surface area (Å²) < 4.78 is 0.623. The molecule has 0 aliphatic rings. The minimum atomic E-state index is 0.372. The van der Waals surface area contributed by atoms with E-state index in [1.807, 2.05) is 5.82 Å². The van der Waals surface area contributed by atoms with Crippen LogP contribution in [0.4, 0.5) is 0 Å². The van der Waals surface area contributed by atoms with Crippen LogP contribution >= 0.6 is 23.8 Å². The Morgan fingerprint density at radius 3 is 2.20 bits per heavy atom. The van der Waals surface area contributed by atoms with Gasteiger partial charge < -0.3 is 0 Å². The summed E-state index contributed by atoms with van der Waals surface area (Å²) in [6.07, 6.45) is 0. The fourth-order valence-corrected chi connectivity index (χ4v) is 0. The van der Waals surface area contributed by atoms with Crippen molar-refractivity contribution >= 4 is 42.0 Å². The zero-order valence-electron chi connectivity index (χ0n) is 2.69. The van der Waals surface area contributed by atoms with Crippen molar-refractivity contribution in [1.29, 1.82) is 0 Å². The van der Waals surface area contributed by atoms with Gasteiger partial charge in [0.2, 0.25) is 0 Å². The first-order valence-corrected chi connectivity index (χ1v) is 4.36. The van der Waals surface area contributed by atoms with Crippen molar-refractivity contribution < 1.29 is 0 Å². The molecule has 0 aromatic heterocycles. The molecule has 3 heteroatoms. The first-order chi connectivity index (χ1) is 2.27. The van der Waals surface area contributed by atoms with Gasteiger partial charge in [0, 0.05) is 0 Å². The van der Waals surface area contributed by atoms with E-state index < -0.39 is 0 Å². The molecule has 0 spiro atoms. The van der Waals surface area contributed by atoms with Crippen LogP contribution in [0.15, 0.2) is 0 Å². The van der Waals surface area contributed by atoms with Gasteiger partial charge in [-0.2, -0.15) is 0 Å². The molecule has 0 aliphatic heterocycles. The number of halogens is 1. The van der Waals surface area contributed by atoms with E-state index in [1.165, 1.54) is 0 Å². The van der Waals surface area contributed by atoms with Gasteiger partial charge in [0.1, 0.15) is 0 Å². The summed E-state index contributed by atoms with van der Waals surface area (Å²) in [5.74, 6) is 1.99. The van der Waals surface area contributed by atoms with Crippen LogP contribution in [0.1, 0.15) is 0 Å². The van der Waals surface area contributed by atoms with Gasteiger partial charge in [0.05, 0.1) is 0 Å². The van der Waals surface area contributed by atoms with Gasteiger partial charge >= 0.3 is 47.8 Å². The molecule has 0 aromatic rings. The molecule has 0 radical (unpaired) electrons. The number of thiocarbonyl (C=S) groups is 1. The van der Waals surface area contributed by atoms with Crippen molar-refractivity contribution in [2.45, 2.75) is 5.82 Å². The van der Waals surface area contributed by atoms with E-state index in [0.717, 1.165) is 0 Å². The molecule has 0 nitrogen and oxygen atoms in total. The van der Waals surface area contributed by atoms with Crippen LogP contribution in [0.2, 0.25) is 5.82 Å². The van der Waals surface area contributed by atoms with E-state index in [-0.39, 0.29) is 0 Å². The number of rotatable bonds is 1. The molecule has 0 saturated heterocycles. The van der Waals surface area contributed by atoms with Gasteiger partial charge in [-0.3, -0.25) is 0 Å². The summed E-state index contributed by atoms with van der Waals surface area (Å²) >= 11 is 10.1. The van der Waals surface area contributed by atoms with Crippen molar-refractivity contribution in [2.24, 2.45) is 0 Å². The van der Waals surface area contributed by atoms with Crippen molar-refractivity contribution in [2.75, 3.05) is 0 Å². The average Bonchev–Trinajstić information content (AvgIpc) is 1.38. The monoisotopic (exact) mass is 174 g/mol. The van der Waals surface area contributed by atoms with Gasteiger partial charge in [-0.15, -0.1) is 0 Å². The molecule has 0 aromatic carbocycles. The van der Waals surface area contributed by atoms with E-state index in [9.17, 15) is 0 Å². The van der Waals surface area contributed by atoms with Gasteiger partial charge in [0.25, 0.3) is 0 Å². The van der Waals surface area contributed by atoms with Crippen LogP contribution in [-0.4, -0.2) is 18.2 Å². The third-order valence-corrected chi connectivity index (χ3v) is 2.50. The van der Waals surface area contributed by atoms with Crippen LogP contribution in [0.5, 0.6) is 0 Å². The predicted molar refractivity (Wildman–Crippen MR) is 30.1 cm³/mol. The van der Waals surface area contributed by atoms with Gasteiger partial charge in [-0.1, -0.05) is 0 Å². The number of hydrogen-bond acceptors (Lipinski definition) is 1. The number of hydrogen-bond donors (Lipinski definition) is 0. The standard InChI is InChI=1S/C2H3ClSSe/c1-5-2(3)4/h1H3. The summed E-state index contributed by atoms with van der Waals surface area (Å²) in [6, 6.07) is 0. The predicted octanol–water partition coefficient (Wildman–Crippen LogP) is 1.26. The van der Waals surface area contributed by atoms with Crippen molar-refractivity contribution in [3.63, 3.8) is 0 Å². The maximum atomic E-state index is 5.22. The summed E-state index contributed by atoms with van der Waals surface area (Å²) in [4.78, 5) is 0. The third kappa shape index (κ3) is 4.90. The molecule has 0 saturated carbocycles. The molecule has 0 bridgehead atoms. The second-order valence-electron chi connectivity index (χ2n) is 0.442. The first-order valence-electron chi connectivity index (χ1n) is 1.01. The van der Waals surface area contributed by atoms with Gasteiger partial charge in [-0.25, -0.2) is 0 Å². The molecule has 0 rings (SSSR count). The zero-order chi connectivity index (χ0) is 4.28. The summed E-state index contributed by atoms with van der Waals surface area (Å²) in [6.45, 7) is 0. The van der Waals surface area contributed by atoms with E-state index >= 15 is 0 Å². The van der Waals surface area contributed by atoms with Crippen LogP contribution in [0.3, 0.4) is 0 Å². The van der Waals surface area contributed by atoms with Crippen molar-refractivity contribution in [3.8, 4) is 0 Å². The van der Waals surface area contributed by atoms with E-state index in [0.29, 0.717) is 18.2 Å². The van der Waals surface area contributed by atoms with E-state index in [4.69, 9.17) is 11.6 Å². The fourth-order valence-electron chi connectivity index (χ4n) is 0. The average molecular weight is 174 g/mol. The molecule has 0 fully saturated rings. The maximum absolute atomic E-state index is 5.22. The molecule has 0 amide bonds. The Morgan fingerprint density at radius 2 is 2.20 bits per heavy atom. The molecule has 0 heterocycles. The molecule has 5 heavy (non-hydrogen) atoms. The quantitative estimate of drug-likeness (QED) is 0.327. The second kappa shape index (κ2) is 3.10. The Kier molecular flexibility index (Phi) is 3.66. The Labute approximate surface area is 48.0 Å². The Morgan fingerprint density at radius 1 is 2.00 bits per heavy atom.